The summed E-state index contributed by atoms with van der Waals surface area (Å²) in [7, 11) is -3.78. The van der Waals surface area contributed by atoms with Crippen LogP contribution in [-0.4, -0.2) is 26.8 Å². The van der Waals surface area contributed by atoms with E-state index in [-0.39, 0.29) is 23.1 Å². The zero-order chi connectivity index (χ0) is 20.9. The van der Waals surface area contributed by atoms with Crippen molar-refractivity contribution in [3.8, 4) is 0 Å². The summed E-state index contributed by atoms with van der Waals surface area (Å²) in [5.74, 6) is -1.55. The number of sulfone groups is 1. The van der Waals surface area contributed by atoms with Gasteiger partial charge in [0.15, 0.2) is 9.84 Å². The molecule has 1 atom stereocenters. The maximum absolute atomic E-state index is 12.9. The van der Waals surface area contributed by atoms with Crippen molar-refractivity contribution in [1.82, 2.24) is 10.6 Å². The molecule has 9 heteroatoms. The van der Waals surface area contributed by atoms with E-state index in [0.717, 1.165) is 22.5 Å². The third-order valence-electron chi connectivity index (χ3n) is 4.37. The average Bonchev–Trinajstić information content (AvgIpc) is 3.41. The Morgan fingerprint density at radius 1 is 1.03 bits per heavy atom. The first kappa shape index (κ1) is 20.8. The van der Waals surface area contributed by atoms with Gasteiger partial charge in [0.25, 0.3) is 0 Å². The molecule has 2 amide bonds. The molecule has 152 valence electrons. The summed E-state index contributed by atoms with van der Waals surface area (Å²) >= 11 is 1.08. The lowest BCUT2D eigenvalue weighted by Gasteiger charge is -2.15. The molecular formula is C20H20N2O5S2. The van der Waals surface area contributed by atoms with Crippen molar-refractivity contribution in [2.45, 2.75) is 22.9 Å². The highest BCUT2D eigenvalue weighted by Crippen LogP contribution is 2.31. The molecule has 0 radical (unpaired) electrons. The molecule has 1 aromatic carbocycles. The summed E-state index contributed by atoms with van der Waals surface area (Å²) in [6.07, 6.45) is 1.36. The van der Waals surface area contributed by atoms with Crippen molar-refractivity contribution >= 4 is 33.0 Å². The van der Waals surface area contributed by atoms with E-state index in [1.165, 1.54) is 18.4 Å². The van der Waals surface area contributed by atoms with Gasteiger partial charge in [-0.1, -0.05) is 30.3 Å². The summed E-state index contributed by atoms with van der Waals surface area (Å²) in [5, 5.41) is 5.47. The number of rotatable bonds is 7. The molecule has 3 aromatic rings. The normalized spacial score (nSPS) is 12.3. The number of benzene rings is 1. The summed E-state index contributed by atoms with van der Waals surface area (Å²) in [4.78, 5) is 24.3. The van der Waals surface area contributed by atoms with Crippen LogP contribution in [0.25, 0.3) is 0 Å². The van der Waals surface area contributed by atoms with Gasteiger partial charge in [-0.3, -0.25) is 9.59 Å². The number of hydrogen-bond donors (Lipinski definition) is 2. The van der Waals surface area contributed by atoms with Gasteiger partial charge in [0.05, 0.1) is 6.26 Å². The Kier molecular flexibility index (Phi) is 6.50. The van der Waals surface area contributed by atoms with Crippen molar-refractivity contribution in [3.63, 3.8) is 0 Å². The van der Waals surface area contributed by atoms with E-state index in [0.29, 0.717) is 0 Å². The molecule has 2 N–H and O–H groups in total. The second-order valence-corrected chi connectivity index (χ2v) is 9.61. The molecule has 0 aliphatic heterocycles. The first-order valence-electron chi connectivity index (χ1n) is 8.81. The van der Waals surface area contributed by atoms with Gasteiger partial charge >= 0.3 is 11.8 Å². The van der Waals surface area contributed by atoms with E-state index < -0.39 is 26.9 Å². The number of hydrogen-bond acceptors (Lipinski definition) is 6. The van der Waals surface area contributed by atoms with Crippen molar-refractivity contribution in [2.24, 2.45) is 0 Å². The molecule has 29 heavy (non-hydrogen) atoms. The summed E-state index contributed by atoms with van der Waals surface area (Å²) in [6, 6.07) is 13.7. The van der Waals surface area contributed by atoms with Crippen LogP contribution in [0.3, 0.4) is 0 Å². The van der Waals surface area contributed by atoms with Crippen LogP contribution in [0.1, 0.15) is 22.1 Å². The summed E-state index contributed by atoms with van der Waals surface area (Å²) in [5.41, 5.74) is 1.88. The topological polar surface area (TPSA) is 105 Å². The Morgan fingerprint density at radius 2 is 1.79 bits per heavy atom. The fourth-order valence-electron chi connectivity index (χ4n) is 2.73. The fraction of sp³-hybridized carbons (Fsp3) is 0.200. The molecule has 0 bridgehead atoms. The first-order chi connectivity index (χ1) is 13.9. The molecule has 3 rings (SSSR count). The largest absolute Gasteiger partial charge is 0.468 e. The van der Waals surface area contributed by atoms with Gasteiger partial charge in [0.1, 0.15) is 15.2 Å². The Hall–Kier alpha value is -2.91. The van der Waals surface area contributed by atoms with Gasteiger partial charge in [0, 0.05) is 13.1 Å². The molecule has 0 spiro atoms. The van der Waals surface area contributed by atoms with Gasteiger partial charge in [-0.05, 0) is 41.6 Å². The highest BCUT2D eigenvalue weighted by Gasteiger charge is 2.33. The van der Waals surface area contributed by atoms with Gasteiger partial charge < -0.3 is 15.1 Å². The van der Waals surface area contributed by atoms with Crippen molar-refractivity contribution in [1.29, 1.82) is 0 Å². The molecule has 0 aliphatic rings. The molecule has 2 heterocycles. The van der Waals surface area contributed by atoms with Gasteiger partial charge in [0.2, 0.25) is 0 Å². The molecule has 2 aromatic heterocycles. The Bertz CT molecular complexity index is 1070. The highest BCUT2D eigenvalue weighted by molar-refractivity contribution is 7.93. The predicted molar refractivity (Wildman–Crippen MR) is 109 cm³/mol. The quantitative estimate of drug-likeness (QED) is 0.558. The second kappa shape index (κ2) is 9.06. The SMILES string of the molecule is Cc1ccccc1CNC(=O)C(=O)NC[C@H](c1ccco1)S(=O)(=O)c1cccs1. The Morgan fingerprint density at radius 3 is 2.45 bits per heavy atom. The number of carbonyl (C=O) groups excluding carboxylic acids is 2. The maximum atomic E-state index is 12.9. The van der Waals surface area contributed by atoms with Crippen LogP contribution in [0.15, 0.2) is 68.8 Å². The average molecular weight is 433 g/mol. The van der Waals surface area contributed by atoms with Crippen LogP contribution in [0.4, 0.5) is 0 Å². The minimum atomic E-state index is -3.78. The fourth-order valence-corrected chi connectivity index (χ4v) is 5.52. The van der Waals surface area contributed by atoms with Gasteiger partial charge in [-0.2, -0.15) is 0 Å². The molecule has 0 unspecified atom stereocenters. The van der Waals surface area contributed by atoms with E-state index in [1.807, 2.05) is 31.2 Å². The van der Waals surface area contributed by atoms with E-state index in [9.17, 15) is 18.0 Å². The van der Waals surface area contributed by atoms with Gasteiger partial charge in [-0.25, -0.2) is 8.42 Å². The van der Waals surface area contributed by atoms with Crippen LogP contribution in [-0.2, 0) is 26.0 Å². The molecule has 0 aliphatic carbocycles. The molecule has 7 nitrogen and oxygen atoms in total. The smallest absolute Gasteiger partial charge is 0.309 e. The molecular weight excluding hydrogens is 412 g/mol. The number of nitrogens with one attached hydrogen (secondary N) is 2. The van der Waals surface area contributed by atoms with Crippen molar-refractivity contribution < 1.29 is 22.4 Å². The lowest BCUT2D eigenvalue weighted by Crippen LogP contribution is -2.42. The van der Waals surface area contributed by atoms with Crippen molar-refractivity contribution in [3.05, 3.63) is 77.1 Å². The van der Waals surface area contributed by atoms with E-state index in [4.69, 9.17) is 4.42 Å². The highest BCUT2D eigenvalue weighted by atomic mass is 32.2. The number of amides is 2. The number of carbonyl (C=O) groups is 2. The van der Waals surface area contributed by atoms with E-state index in [1.54, 1.807) is 17.5 Å². The minimum absolute atomic E-state index is 0.164. The Labute approximate surface area is 172 Å². The predicted octanol–water partition coefficient (Wildman–Crippen LogP) is 2.60. The third-order valence-corrected chi connectivity index (χ3v) is 7.86. The zero-order valence-corrected chi connectivity index (χ0v) is 17.3. The van der Waals surface area contributed by atoms with Gasteiger partial charge in [-0.15, -0.1) is 11.3 Å². The van der Waals surface area contributed by atoms with Crippen LogP contribution in [0.2, 0.25) is 0 Å². The zero-order valence-electron chi connectivity index (χ0n) is 15.6. The number of furan rings is 1. The molecule has 0 saturated carbocycles. The van der Waals surface area contributed by atoms with Crippen LogP contribution >= 0.6 is 11.3 Å². The monoisotopic (exact) mass is 432 g/mol. The third kappa shape index (κ3) is 4.93. The lowest BCUT2D eigenvalue weighted by atomic mass is 10.1. The second-order valence-electron chi connectivity index (χ2n) is 6.30. The first-order valence-corrected chi connectivity index (χ1v) is 11.2. The standard InChI is InChI=1S/C20H20N2O5S2/c1-14-6-2-3-7-15(14)12-21-19(23)20(24)22-13-17(16-8-4-10-27-16)29(25,26)18-9-5-11-28-18/h2-11,17H,12-13H2,1H3,(H,21,23)(H,22,24)/t17-/m1/s1. The number of thiophene rings is 1. The van der Waals surface area contributed by atoms with E-state index >= 15 is 0 Å². The van der Waals surface area contributed by atoms with E-state index in [2.05, 4.69) is 10.6 Å². The lowest BCUT2D eigenvalue weighted by molar-refractivity contribution is -0.139. The number of aryl methyl sites for hydroxylation is 1. The van der Waals surface area contributed by atoms with Crippen LogP contribution in [0.5, 0.6) is 0 Å². The van der Waals surface area contributed by atoms with Crippen LogP contribution < -0.4 is 10.6 Å². The summed E-state index contributed by atoms with van der Waals surface area (Å²) in [6.45, 7) is 1.82. The molecule has 0 saturated heterocycles. The minimum Gasteiger partial charge on any atom is -0.468 e. The van der Waals surface area contributed by atoms with Crippen molar-refractivity contribution in [2.75, 3.05) is 6.54 Å². The van der Waals surface area contributed by atoms with Crippen LogP contribution in [0, 0.1) is 6.92 Å². The molecule has 0 fully saturated rings. The Balaban J connectivity index is 1.66. The maximum Gasteiger partial charge on any atom is 0.309 e. The summed E-state index contributed by atoms with van der Waals surface area (Å²) < 4.78 is 31.3.